The van der Waals surface area contributed by atoms with Gasteiger partial charge in [-0.3, -0.25) is 14.4 Å². The van der Waals surface area contributed by atoms with Crippen LogP contribution in [0.15, 0.2) is 53.1 Å². The Bertz CT molecular complexity index is 863. The molecule has 0 aliphatic heterocycles. The van der Waals surface area contributed by atoms with Crippen molar-refractivity contribution in [2.75, 3.05) is 6.61 Å². The fraction of sp³-hybridized carbons (Fsp3) is 0.458. The lowest BCUT2D eigenvalue weighted by Gasteiger charge is -2.27. The summed E-state index contributed by atoms with van der Waals surface area (Å²) in [6, 6.07) is 10.8. The molecule has 0 radical (unpaired) electrons. The van der Waals surface area contributed by atoms with Gasteiger partial charge in [0.1, 0.15) is 12.1 Å². The lowest BCUT2D eigenvalue weighted by Crippen LogP contribution is -2.54. The highest BCUT2D eigenvalue weighted by Crippen LogP contribution is 2.27. The lowest BCUT2D eigenvalue weighted by atomic mass is 9.84. The van der Waals surface area contributed by atoms with E-state index >= 15 is 0 Å². The molecule has 1 aromatic carbocycles. The van der Waals surface area contributed by atoms with Crippen molar-refractivity contribution in [2.45, 2.75) is 57.2 Å². The van der Waals surface area contributed by atoms with Crippen LogP contribution in [-0.4, -0.2) is 36.4 Å². The van der Waals surface area contributed by atoms with E-state index < -0.39 is 29.8 Å². The average Bonchev–Trinajstić information content (AvgIpc) is 3.34. The van der Waals surface area contributed by atoms with Gasteiger partial charge in [0.05, 0.1) is 19.5 Å². The Morgan fingerprint density at radius 1 is 1.00 bits per heavy atom. The molecule has 3 rings (SSSR count). The highest BCUT2D eigenvalue weighted by atomic mass is 16.5. The largest absolute Gasteiger partial charge is 0.459 e. The number of benzene rings is 1. The molecule has 1 heterocycles. The number of hydrogen-bond acceptors (Lipinski definition) is 5. The molecule has 32 heavy (non-hydrogen) atoms. The third-order valence-electron chi connectivity index (χ3n) is 5.72. The summed E-state index contributed by atoms with van der Waals surface area (Å²) in [5.74, 6) is -1.16. The number of nitrogens with two attached hydrogens (primary N) is 1. The second kappa shape index (κ2) is 12.0. The lowest BCUT2D eigenvalue weighted by molar-refractivity contribution is -0.130. The number of ether oxygens (including phenoxy) is 1. The molecule has 1 aromatic heterocycles. The monoisotopic (exact) mass is 441 g/mol. The van der Waals surface area contributed by atoms with E-state index in [4.69, 9.17) is 14.9 Å². The van der Waals surface area contributed by atoms with Gasteiger partial charge in [-0.05, 0) is 30.0 Å². The van der Waals surface area contributed by atoms with Crippen LogP contribution >= 0.6 is 0 Å². The van der Waals surface area contributed by atoms with Gasteiger partial charge in [-0.15, -0.1) is 0 Å². The molecule has 0 unspecified atom stereocenters. The number of nitrogens with one attached hydrogen (secondary N) is 2. The van der Waals surface area contributed by atoms with Gasteiger partial charge in [0.25, 0.3) is 5.91 Å². The Morgan fingerprint density at radius 3 is 2.41 bits per heavy atom. The molecular weight excluding hydrogens is 410 g/mol. The van der Waals surface area contributed by atoms with Crippen LogP contribution in [0.1, 0.15) is 54.6 Å². The number of hydrogen-bond donors (Lipinski definition) is 3. The van der Waals surface area contributed by atoms with E-state index in [0.29, 0.717) is 18.9 Å². The van der Waals surface area contributed by atoms with Crippen molar-refractivity contribution in [3.05, 3.63) is 60.1 Å². The van der Waals surface area contributed by atoms with Gasteiger partial charge in [-0.1, -0.05) is 62.4 Å². The fourth-order valence-electron chi connectivity index (χ4n) is 3.96. The van der Waals surface area contributed by atoms with Crippen LogP contribution in [0.3, 0.4) is 0 Å². The molecule has 2 atom stereocenters. The maximum Gasteiger partial charge on any atom is 0.287 e. The molecule has 1 saturated carbocycles. The van der Waals surface area contributed by atoms with Gasteiger partial charge in [0, 0.05) is 0 Å². The summed E-state index contributed by atoms with van der Waals surface area (Å²) in [5.41, 5.74) is 6.44. The first-order chi connectivity index (χ1) is 15.5. The summed E-state index contributed by atoms with van der Waals surface area (Å²) in [6.07, 6.45) is 7.34. The van der Waals surface area contributed by atoms with Crippen LogP contribution in [0.4, 0.5) is 0 Å². The molecule has 0 bridgehead atoms. The highest BCUT2D eigenvalue weighted by Gasteiger charge is 2.29. The van der Waals surface area contributed by atoms with Crippen molar-refractivity contribution in [3.8, 4) is 0 Å². The Balaban J connectivity index is 1.61. The zero-order chi connectivity index (χ0) is 22.8. The van der Waals surface area contributed by atoms with E-state index in [1.165, 1.54) is 18.8 Å². The smallest absolute Gasteiger partial charge is 0.287 e. The molecule has 8 heteroatoms. The van der Waals surface area contributed by atoms with E-state index in [-0.39, 0.29) is 12.4 Å². The number of furan rings is 1. The zero-order valence-corrected chi connectivity index (χ0v) is 18.1. The first-order valence-corrected chi connectivity index (χ1v) is 11.1. The first kappa shape index (κ1) is 23.5. The summed E-state index contributed by atoms with van der Waals surface area (Å²) in [5, 5.41) is 5.41. The van der Waals surface area contributed by atoms with E-state index in [9.17, 15) is 14.4 Å². The number of amides is 3. The predicted molar refractivity (Wildman–Crippen MR) is 118 cm³/mol. The highest BCUT2D eigenvalue weighted by molar-refractivity contribution is 5.96. The van der Waals surface area contributed by atoms with Gasteiger partial charge in [0.2, 0.25) is 11.8 Å². The minimum atomic E-state index is -0.999. The van der Waals surface area contributed by atoms with Crippen LogP contribution in [0.25, 0.3) is 0 Å². The molecule has 4 N–H and O–H groups in total. The normalized spacial score (nSPS) is 16.1. The molecule has 8 nitrogen and oxygen atoms in total. The first-order valence-electron chi connectivity index (χ1n) is 11.1. The van der Waals surface area contributed by atoms with Crippen molar-refractivity contribution in [1.29, 1.82) is 0 Å². The van der Waals surface area contributed by atoms with Crippen molar-refractivity contribution < 1.29 is 23.5 Å². The summed E-state index contributed by atoms with van der Waals surface area (Å²) < 4.78 is 10.7. The van der Waals surface area contributed by atoms with E-state index in [1.807, 2.05) is 30.3 Å². The number of primary amides is 1. The van der Waals surface area contributed by atoms with Gasteiger partial charge >= 0.3 is 0 Å². The summed E-state index contributed by atoms with van der Waals surface area (Å²) in [6.45, 7) is 0.236. The van der Waals surface area contributed by atoms with E-state index in [2.05, 4.69) is 10.6 Å². The van der Waals surface area contributed by atoms with E-state index in [0.717, 1.165) is 31.2 Å². The van der Waals surface area contributed by atoms with Gasteiger partial charge in [-0.2, -0.15) is 0 Å². The third kappa shape index (κ3) is 7.23. The Kier molecular flexibility index (Phi) is 8.86. The fourth-order valence-corrected chi connectivity index (χ4v) is 3.96. The Hall–Kier alpha value is -3.13. The third-order valence-corrected chi connectivity index (χ3v) is 5.72. The minimum Gasteiger partial charge on any atom is -0.459 e. The molecule has 1 aliphatic rings. The second-order valence-corrected chi connectivity index (χ2v) is 8.21. The van der Waals surface area contributed by atoms with Gasteiger partial charge in [-0.25, -0.2) is 0 Å². The van der Waals surface area contributed by atoms with E-state index in [1.54, 1.807) is 6.07 Å². The molecular formula is C24H31N3O5. The van der Waals surface area contributed by atoms with Crippen molar-refractivity contribution in [1.82, 2.24) is 10.6 Å². The van der Waals surface area contributed by atoms with Crippen molar-refractivity contribution in [3.63, 3.8) is 0 Å². The second-order valence-electron chi connectivity index (χ2n) is 8.21. The van der Waals surface area contributed by atoms with Crippen LogP contribution < -0.4 is 16.4 Å². The molecule has 172 valence electrons. The molecule has 3 amide bonds. The van der Waals surface area contributed by atoms with Gasteiger partial charge < -0.3 is 25.5 Å². The quantitative estimate of drug-likeness (QED) is 0.494. The molecule has 0 saturated heterocycles. The Morgan fingerprint density at radius 2 is 1.75 bits per heavy atom. The number of carbonyl (C=O) groups is 3. The predicted octanol–water partition coefficient (Wildman–Crippen LogP) is 2.54. The standard InChI is InChI=1S/C24H31N3O5/c25-22(28)20(16-31-15-18-10-5-2-6-11-18)27-23(29)19(14-17-8-3-1-4-9-17)26-24(30)21-12-7-13-32-21/h2,5-7,10-13,17,19-20H,1,3-4,8-9,14-16H2,(H2,25,28)(H,26,30)(H,27,29)/t19-,20-/m0/s1. The average molecular weight is 442 g/mol. The topological polar surface area (TPSA) is 124 Å². The summed E-state index contributed by atoms with van der Waals surface area (Å²) >= 11 is 0. The zero-order valence-electron chi connectivity index (χ0n) is 18.1. The minimum absolute atomic E-state index is 0.0573. The van der Waals surface area contributed by atoms with Crippen LogP contribution in [0, 0.1) is 5.92 Å². The summed E-state index contributed by atoms with van der Waals surface area (Å²) in [4.78, 5) is 37.5. The SMILES string of the molecule is NC(=O)[C@H](COCc1ccccc1)NC(=O)[C@H](CC1CCCCC1)NC(=O)c1ccco1. The van der Waals surface area contributed by atoms with Crippen LogP contribution in [0.5, 0.6) is 0 Å². The number of rotatable bonds is 11. The molecule has 1 aliphatic carbocycles. The maximum atomic E-state index is 13.1. The molecule has 0 spiro atoms. The van der Waals surface area contributed by atoms with Crippen molar-refractivity contribution >= 4 is 17.7 Å². The Labute approximate surface area is 187 Å². The van der Waals surface area contributed by atoms with Crippen molar-refractivity contribution in [2.24, 2.45) is 11.7 Å². The van der Waals surface area contributed by atoms with Gasteiger partial charge in [0.15, 0.2) is 5.76 Å². The maximum absolute atomic E-state index is 13.1. The van der Waals surface area contributed by atoms with Crippen LogP contribution in [0.2, 0.25) is 0 Å². The summed E-state index contributed by atoms with van der Waals surface area (Å²) in [7, 11) is 0. The molecule has 1 fully saturated rings. The molecule has 2 aromatic rings. The number of carbonyl (C=O) groups excluding carboxylic acids is 3. The van der Waals surface area contributed by atoms with Crippen LogP contribution in [-0.2, 0) is 20.9 Å².